The molecular weight excluding hydrogens is 418 g/mol. The number of hydrogen-bond acceptors (Lipinski definition) is 5. The van der Waals surface area contributed by atoms with E-state index in [0.717, 1.165) is 38.0 Å². The maximum Gasteiger partial charge on any atom is 0.161 e. The van der Waals surface area contributed by atoms with Gasteiger partial charge in [0.05, 0.1) is 19.4 Å². The summed E-state index contributed by atoms with van der Waals surface area (Å²) in [5.41, 5.74) is 2.12. The van der Waals surface area contributed by atoms with Gasteiger partial charge in [0.25, 0.3) is 0 Å². The summed E-state index contributed by atoms with van der Waals surface area (Å²) < 4.78 is 12.1. The van der Waals surface area contributed by atoms with Crippen molar-refractivity contribution in [3.8, 4) is 22.1 Å². The Morgan fingerprint density at radius 3 is 2.76 bits per heavy atom. The van der Waals surface area contributed by atoms with Crippen molar-refractivity contribution in [2.45, 2.75) is 17.6 Å². The number of benzene rings is 2. The average molecular weight is 436 g/mol. The quantitative estimate of drug-likeness (QED) is 0.409. The van der Waals surface area contributed by atoms with Gasteiger partial charge in [-0.3, -0.25) is 0 Å². The van der Waals surface area contributed by atoms with Crippen LogP contribution in [0.1, 0.15) is 12.6 Å². The van der Waals surface area contributed by atoms with Crippen molar-refractivity contribution in [1.82, 2.24) is 4.98 Å². The lowest BCUT2D eigenvalue weighted by Crippen LogP contribution is -1.95. The fraction of sp³-hybridized carbons (Fsp3) is 0.211. The van der Waals surface area contributed by atoms with Crippen molar-refractivity contribution in [2.75, 3.05) is 13.7 Å². The third kappa shape index (κ3) is 4.57. The molecule has 25 heavy (non-hydrogen) atoms. The maximum absolute atomic E-state index is 5.57. The van der Waals surface area contributed by atoms with Crippen LogP contribution >= 0.6 is 39.0 Å². The first-order chi connectivity index (χ1) is 12.2. The molecule has 0 atom stereocenters. The van der Waals surface area contributed by atoms with Crippen LogP contribution in [0.5, 0.6) is 11.5 Å². The number of hydrogen-bond donors (Lipinski definition) is 0. The first-order valence-electron chi connectivity index (χ1n) is 7.84. The van der Waals surface area contributed by atoms with E-state index in [9.17, 15) is 0 Å². The lowest BCUT2D eigenvalue weighted by Gasteiger charge is -2.09. The molecule has 0 N–H and O–H groups in total. The van der Waals surface area contributed by atoms with Crippen LogP contribution in [0.25, 0.3) is 10.6 Å². The highest BCUT2D eigenvalue weighted by atomic mass is 79.9. The van der Waals surface area contributed by atoms with Crippen LogP contribution in [0, 0.1) is 0 Å². The predicted octanol–water partition coefficient (Wildman–Crippen LogP) is 6.27. The number of aromatic nitrogens is 1. The van der Waals surface area contributed by atoms with Crippen molar-refractivity contribution in [3.05, 3.63) is 58.0 Å². The molecule has 130 valence electrons. The monoisotopic (exact) mass is 435 g/mol. The Labute approximate surface area is 164 Å². The van der Waals surface area contributed by atoms with Crippen molar-refractivity contribution in [2.24, 2.45) is 0 Å². The van der Waals surface area contributed by atoms with Crippen molar-refractivity contribution < 1.29 is 9.47 Å². The zero-order valence-electron chi connectivity index (χ0n) is 14.0. The van der Waals surface area contributed by atoms with Crippen molar-refractivity contribution in [3.63, 3.8) is 0 Å². The molecule has 1 aromatic heterocycles. The highest BCUT2D eigenvalue weighted by molar-refractivity contribution is 9.10. The third-order valence-corrected chi connectivity index (χ3v) is 6.48. The Bertz CT molecular complexity index is 851. The van der Waals surface area contributed by atoms with Crippen LogP contribution in [-0.2, 0) is 5.75 Å². The van der Waals surface area contributed by atoms with Gasteiger partial charge in [0.1, 0.15) is 5.01 Å². The topological polar surface area (TPSA) is 31.4 Å². The normalized spacial score (nSPS) is 10.7. The van der Waals surface area contributed by atoms with E-state index in [1.54, 1.807) is 30.2 Å². The minimum Gasteiger partial charge on any atom is -0.493 e. The fourth-order valence-electron chi connectivity index (χ4n) is 2.29. The molecule has 0 amide bonds. The van der Waals surface area contributed by atoms with E-state index in [-0.39, 0.29) is 0 Å². The standard InChI is InChI=1S/C19H18BrNO2S2/c1-3-23-16-9-8-13(10-17(16)22-2)19-21-14(12-25-19)11-24-18-7-5-4-6-15(18)20/h4-10,12H,3,11H2,1-2H3. The summed E-state index contributed by atoms with van der Waals surface area (Å²) in [7, 11) is 1.66. The second-order valence-corrected chi connectivity index (χ2v) is 7.89. The zero-order chi connectivity index (χ0) is 17.6. The molecular formula is C19H18BrNO2S2. The molecule has 1 heterocycles. The summed E-state index contributed by atoms with van der Waals surface area (Å²) in [6.45, 7) is 2.58. The first-order valence-corrected chi connectivity index (χ1v) is 10.5. The lowest BCUT2D eigenvalue weighted by molar-refractivity contribution is 0.311. The molecule has 3 aromatic rings. The minimum absolute atomic E-state index is 0.614. The summed E-state index contributed by atoms with van der Waals surface area (Å²) in [6, 6.07) is 14.2. The summed E-state index contributed by atoms with van der Waals surface area (Å²) in [6.07, 6.45) is 0. The van der Waals surface area contributed by atoms with Gasteiger partial charge < -0.3 is 9.47 Å². The molecule has 0 aliphatic rings. The van der Waals surface area contributed by atoms with E-state index >= 15 is 0 Å². The van der Waals surface area contributed by atoms with Crippen molar-refractivity contribution in [1.29, 1.82) is 0 Å². The van der Waals surface area contributed by atoms with Gasteiger partial charge in [-0.15, -0.1) is 23.1 Å². The average Bonchev–Trinajstić information content (AvgIpc) is 3.10. The Balaban J connectivity index is 1.74. The zero-order valence-corrected chi connectivity index (χ0v) is 17.2. The molecule has 0 saturated carbocycles. The smallest absolute Gasteiger partial charge is 0.161 e. The second kappa shape index (κ2) is 8.74. The van der Waals surface area contributed by atoms with Crippen LogP contribution in [0.4, 0.5) is 0 Å². The Morgan fingerprint density at radius 1 is 1.16 bits per heavy atom. The molecule has 0 unspecified atom stereocenters. The third-order valence-electron chi connectivity index (χ3n) is 3.47. The number of rotatable bonds is 7. The maximum atomic E-state index is 5.57. The Morgan fingerprint density at radius 2 is 2.00 bits per heavy atom. The predicted molar refractivity (Wildman–Crippen MR) is 109 cm³/mol. The van der Waals surface area contributed by atoms with E-state index in [2.05, 4.69) is 33.4 Å². The molecule has 0 aliphatic heterocycles. The molecule has 0 aliphatic carbocycles. The van der Waals surface area contributed by atoms with E-state index in [1.807, 2.05) is 37.3 Å². The SMILES string of the molecule is CCOc1ccc(-c2nc(CSc3ccccc3Br)cs2)cc1OC. The molecule has 3 nitrogen and oxygen atoms in total. The number of thiazole rings is 1. The molecule has 0 radical (unpaired) electrons. The van der Waals surface area contributed by atoms with Gasteiger partial charge in [-0.1, -0.05) is 12.1 Å². The van der Waals surface area contributed by atoms with Gasteiger partial charge in [0, 0.05) is 26.1 Å². The van der Waals surface area contributed by atoms with Crippen LogP contribution in [0.3, 0.4) is 0 Å². The number of halogens is 1. The van der Waals surface area contributed by atoms with Crippen LogP contribution in [0.15, 0.2) is 57.2 Å². The van der Waals surface area contributed by atoms with Gasteiger partial charge in [-0.2, -0.15) is 0 Å². The molecule has 0 bridgehead atoms. The number of thioether (sulfide) groups is 1. The highest BCUT2D eigenvalue weighted by Crippen LogP contribution is 2.35. The Hall–Kier alpha value is -1.50. The van der Waals surface area contributed by atoms with Gasteiger partial charge in [0.2, 0.25) is 0 Å². The summed E-state index contributed by atoms with van der Waals surface area (Å²) in [5.74, 6) is 2.33. The van der Waals surface area contributed by atoms with E-state index < -0.39 is 0 Å². The molecule has 0 spiro atoms. The van der Waals surface area contributed by atoms with Crippen LogP contribution in [0.2, 0.25) is 0 Å². The number of methoxy groups -OCH3 is 1. The van der Waals surface area contributed by atoms with Gasteiger partial charge >= 0.3 is 0 Å². The fourth-order valence-corrected chi connectivity index (χ4v) is 4.68. The summed E-state index contributed by atoms with van der Waals surface area (Å²) in [4.78, 5) is 5.98. The molecule has 3 rings (SSSR count). The molecule has 2 aromatic carbocycles. The lowest BCUT2D eigenvalue weighted by atomic mass is 10.2. The highest BCUT2D eigenvalue weighted by Gasteiger charge is 2.10. The van der Waals surface area contributed by atoms with Gasteiger partial charge in [-0.05, 0) is 53.2 Å². The van der Waals surface area contributed by atoms with Crippen LogP contribution < -0.4 is 9.47 Å². The van der Waals surface area contributed by atoms with E-state index in [0.29, 0.717) is 6.61 Å². The molecule has 0 saturated heterocycles. The summed E-state index contributed by atoms with van der Waals surface area (Å²) >= 11 is 7.01. The second-order valence-electron chi connectivity index (χ2n) is 5.16. The summed E-state index contributed by atoms with van der Waals surface area (Å²) in [5, 5.41) is 3.10. The van der Waals surface area contributed by atoms with Crippen molar-refractivity contribution >= 4 is 39.0 Å². The van der Waals surface area contributed by atoms with E-state index in [4.69, 9.17) is 14.5 Å². The van der Waals surface area contributed by atoms with Gasteiger partial charge in [-0.25, -0.2) is 4.98 Å². The van der Waals surface area contributed by atoms with E-state index in [1.165, 1.54) is 4.90 Å². The minimum atomic E-state index is 0.614. The largest absolute Gasteiger partial charge is 0.493 e. The number of nitrogens with zero attached hydrogens (tertiary/aromatic N) is 1. The molecule has 0 fully saturated rings. The first kappa shape index (κ1) is 18.3. The van der Waals surface area contributed by atoms with Gasteiger partial charge in [0.15, 0.2) is 11.5 Å². The molecule has 6 heteroatoms. The van der Waals surface area contributed by atoms with Crippen LogP contribution in [-0.4, -0.2) is 18.7 Å². The Kier molecular flexibility index (Phi) is 6.39. The number of ether oxygens (including phenoxy) is 2.